The minimum absolute atomic E-state index is 0.0501. The van der Waals surface area contributed by atoms with E-state index >= 15 is 0 Å². The highest BCUT2D eigenvalue weighted by molar-refractivity contribution is 6.03. The van der Waals surface area contributed by atoms with Crippen molar-refractivity contribution in [3.8, 4) is 0 Å². The molecule has 2 aromatic heterocycles. The number of likely N-dealkylation sites (N-methyl/N-ethyl adjacent to an activating group) is 1. The number of hydrogen-bond acceptors (Lipinski definition) is 5. The fraction of sp³-hybridized carbons (Fsp3) is 0.318. The molecule has 7 nitrogen and oxygen atoms in total. The molecule has 1 unspecified atom stereocenters. The van der Waals surface area contributed by atoms with Gasteiger partial charge in [-0.15, -0.1) is 0 Å². The number of carbonyl (C=O) groups excluding carboxylic acids is 1. The van der Waals surface area contributed by atoms with Crippen LogP contribution >= 0.6 is 0 Å². The number of carbonyl (C=O) groups is 1. The van der Waals surface area contributed by atoms with Crippen molar-refractivity contribution >= 4 is 23.1 Å². The number of pyridine rings is 1. The molecule has 1 aliphatic heterocycles. The van der Waals surface area contributed by atoms with E-state index in [1.807, 2.05) is 31.9 Å². The first-order valence-electron chi connectivity index (χ1n) is 10.1. The molecule has 168 valence electrons. The van der Waals surface area contributed by atoms with Crippen molar-refractivity contribution in [2.45, 2.75) is 33.0 Å². The summed E-state index contributed by atoms with van der Waals surface area (Å²) in [5.41, 5.74) is 2.63. The van der Waals surface area contributed by atoms with E-state index in [4.69, 9.17) is 0 Å². The molecule has 1 aromatic carbocycles. The van der Waals surface area contributed by atoms with Crippen molar-refractivity contribution in [1.82, 2.24) is 14.8 Å². The number of fused-ring (bicyclic) bond motifs is 1. The zero-order valence-corrected chi connectivity index (χ0v) is 17.9. The van der Waals surface area contributed by atoms with E-state index in [-0.39, 0.29) is 30.0 Å². The van der Waals surface area contributed by atoms with E-state index in [0.29, 0.717) is 18.1 Å². The molecule has 0 radical (unpaired) electrons. The second kappa shape index (κ2) is 8.52. The maximum absolute atomic E-state index is 13.4. The number of amides is 1. The molecule has 0 aliphatic carbocycles. The van der Waals surface area contributed by atoms with Gasteiger partial charge in [0.1, 0.15) is 11.9 Å². The molecule has 10 heteroatoms. The zero-order chi connectivity index (χ0) is 23.0. The maximum atomic E-state index is 13.4. The molecular formula is C22H23F3N6O. The summed E-state index contributed by atoms with van der Waals surface area (Å²) in [5, 5.41) is 10.3. The van der Waals surface area contributed by atoms with Gasteiger partial charge in [0.2, 0.25) is 5.91 Å². The number of nitrogens with zero attached hydrogens (tertiary/aromatic N) is 4. The molecule has 0 saturated carbocycles. The third kappa shape index (κ3) is 4.25. The average molecular weight is 444 g/mol. The molecule has 0 spiro atoms. The van der Waals surface area contributed by atoms with Crippen LogP contribution in [0.25, 0.3) is 0 Å². The summed E-state index contributed by atoms with van der Waals surface area (Å²) in [5.74, 6) is -3.22. The highest BCUT2D eigenvalue weighted by Gasteiger charge is 2.33. The molecule has 32 heavy (non-hydrogen) atoms. The molecule has 1 atom stereocenters. The topological polar surface area (TPSA) is 75.1 Å². The molecule has 3 heterocycles. The molecule has 0 fully saturated rings. The summed E-state index contributed by atoms with van der Waals surface area (Å²) in [6, 6.07) is 3.51. The first-order chi connectivity index (χ1) is 15.2. The van der Waals surface area contributed by atoms with Crippen molar-refractivity contribution in [2.75, 3.05) is 22.6 Å². The van der Waals surface area contributed by atoms with Crippen LogP contribution in [0.3, 0.4) is 0 Å². The molecule has 1 amide bonds. The van der Waals surface area contributed by atoms with Crippen LogP contribution in [0.5, 0.6) is 0 Å². The quantitative estimate of drug-likeness (QED) is 0.567. The van der Waals surface area contributed by atoms with Gasteiger partial charge in [-0.3, -0.25) is 9.48 Å². The molecular weight excluding hydrogens is 421 g/mol. The van der Waals surface area contributed by atoms with Gasteiger partial charge >= 0.3 is 0 Å². The van der Waals surface area contributed by atoms with Crippen molar-refractivity contribution in [1.29, 1.82) is 0 Å². The second-order valence-corrected chi connectivity index (χ2v) is 8.15. The highest BCUT2D eigenvalue weighted by Crippen LogP contribution is 2.34. The Morgan fingerprint density at radius 1 is 1.12 bits per heavy atom. The lowest BCUT2D eigenvalue weighted by Gasteiger charge is -2.37. The van der Waals surface area contributed by atoms with Gasteiger partial charge in [-0.05, 0) is 23.6 Å². The summed E-state index contributed by atoms with van der Waals surface area (Å²) < 4.78 is 41.4. The molecule has 0 bridgehead atoms. The largest absolute Gasteiger partial charge is 0.366 e. The van der Waals surface area contributed by atoms with Crippen molar-refractivity contribution in [2.24, 2.45) is 5.92 Å². The fourth-order valence-corrected chi connectivity index (χ4v) is 3.88. The summed E-state index contributed by atoms with van der Waals surface area (Å²) in [6.45, 7) is 4.52. The standard InChI is InChI=1S/C22H23F3N6O/c1-12(2)21-22(32)29-17-9-27-19(6-18(17)30(21)3)26-7-14-8-28-31(11-14)10-13-4-15(23)20(25)16(24)5-13/h4-6,8-9,11-12,21H,7,10H2,1-3H3,(H,26,27)(H,29,32). The van der Waals surface area contributed by atoms with Crippen LogP contribution in [0.1, 0.15) is 25.0 Å². The predicted octanol–water partition coefficient (Wildman–Crippen LogP) is 3.77. The van der Waals surface area contributed by atoms with Crippen LogP contribution in [0.2, 0.25) is 0 Å². The number of nitrogens with one attached hydrogen (secondary N) is 2. The first kappa shape index (κ1) is 21.7. The second-order valence-electron chi connectivity index (χ2n) is 8.15. The van der Waals surface area contributed by atoms with Crippen LogP contribution < -0.4 is 15.5 Å². The van der Waals surface area contributed by atoms with E-state index in [0.717, 1.165) is 23.4 Å². The summed E-state index contributed by atoms with van der Waals surface area (Å²) in [6.07, 6.45) is 4.97. The number of anilines is 3. The van der Waals surface area contributed by atoms with E-state index < -0.39 is 17.5 Å². The van der Waals surface area contributed by atoms with Gasteiger partial charge in [-0.2, -0.15) is 5.10 Å². The molecule has 1 aliphatic rings. The van der Waals surface area contributed by atoms with Gasteiger partial charge in [0.05, 0.1) is 30.3 Å². The normalized spacial score (nSPS) is 15.7. The fourth-order valence-electron chi connectivity index (χ4n) is 3.88. The molecule has 4 rings (SSSR count). The maximum Gasteiger partial charge on any atom is 0.247 e. The average Bonchev–Trinajstić information content (AvgIpc) is 3.17. The SMILES string of the molecule is CC(C)C1C(=O)Nc2cnc(NCc3cnn(Cc4cc(F)c(F)c(F)c4)c3)cc2N1C. The number of halogens is 3. The number of benzene rings is 1. The Balaban J connectivity index is 1.43. The van der Waals surface area contributed by atoms with Crippen LogP contribution in [0.4, 0.5) is 30.4 Å². The summed E-state index contributed by atoms with van der Waals surface area (Å²) in [7, 11) is 1.89. The predicted molar refractivity (Wildman–Crippen MR) is 115 cm³/mol. The lowest BCUT2D eigenvalue weighted by Crippen LogP contribution is -2.49. The van der Waals surface area contributed by atoms with Crippen LogP contribution in [-0.4, -0.2) is 33.8 Å². The first-order valence-corrected chi connectivity index (χ1v) is 10.1. The van der Waals surface area contributed by atoms with Crippen molar-refractivity contribution < 1.29 is 18.0 Å². The van der Waals surface area contributed by atoms with E-state index in [1.165, 1.54) is 4.68 Å². The monoisotopic (exact) mass is 444 g/mol. The Morgan fingerprint density at radius 3 is 2.53 bits per heavy atom. The molecule has 2 N–H and O–H groups in total. The van der Waals surface area contributed by atoms with Gasteiger partial charge in [0.15, 0.2) is 17.5 Å². The van der Waals surface area contributed by atoms with Gasteiger partial charge in [0, 0.05) is 31.4 Å². The Kier molecular flexibility index (Phi) is 5.77. The minimum Gasteiger partial charge on any atom is -0.366 e. The van der Waals surface area contributed by atoms with Crippen LogP contribution in [-0.2, 0) is 17.9 Å². The van der Waals surface area contributed by atoms with E-state index in [9.17, 15) is 18.0 Å². The summed E-state index contributed by atoms with van der Waals surface area (Å²) in [4.78, 5) is 18.6. The van der Waals surface area contributed by atoms with Gasteiger partial charge in [-0.25, -0.2) is 18.2 Å². The third-order valence-corrected chi connectivity index (χ3v) is 5.39. The van der Waals surface area contributed by atoms with E-state index in [1.54, 1.807) is 18.6 Å². The van der Waals surface area contributed by atoms with Crippen LogP contribution in [0, 0.1) is 23.4 Å². The molecule has 3 aromatic rings. The number of aromatic nitrogens is 3. The Bertz CT molecular complexity index is 1140. The Hall–Kier alpha value is -3.56. The van der Waals surface area contributed by atoms with Gasteiger partial charge < -0.3 is 15.5 Å². The van der Waals surface area contributed by atoms with Crippen molar-refractivity contribution in [3.05, 3.63) is 65.4 Å². The zero-order valence-electron chi connectivity index (χ0n) is 17.9. The number of hydrogen-bond donors (Lipinski definition) is 2. The summed E-state index contributed by atoms with van der Waals surface area (Å²) >= 11 is 0. The van der Waals surface area contributed by atoms with Gasteiger partial charge in [-0.1, -0.05) is 13.8 Å². The lowest BCUT2D eigenvalue weighted by molar-refractivity contribution is -0.118. The third-order valence-electron chi connectivity index (χ3n) is 5.39. The van der Waals surface area contributed by atoms with Crippen LogP contribution in [0.15, 0.2) is 36.8 Å². The Labute approximate surface area is 183 Å². The minimum atomic E-state index is -1.48. The van der Waals surface area contributed by atoms with E-state index in [2.05, 4.69) is 20.7 Å². The lowest BCUT2D eigenvalue weighted by atomic mass is 9.99. The van der Waals surface area contributed by atoms with Crippen molar-refractivity contribution in [3.63, 3.8) is 0 Å². The molecule has 0 saturated heterocycles. The van der Waals surface area contributed by atoms with Gasteiger partial charge in [0.25, 0.3) is 0 Å². The number of rotatable bonds is 6. The Morgan fingerprint density at radius 2 is 1.84 bits per heavy atom. The highest BCUT2D eigenvalue weighted by atomic mass is 19.2. The smallest absolute Gasteiger partial charge is 0.247 e.